The summed E-state index contributed by atoms with van der Waals surface area (Å²) in [6.45, 7) is 5.05. The summed E-state index contributed by atoms with van der Waals surface area (Å²) in [7, 11) is 0. The number of nitrogens with two attached hydrogens (primary N) is 1. The molecule has 2 saturated heterocycles. The minimum atomic E-state index is -0.504. The second-order valence-corrected chi connectivity index (χ2v) is 11.7. The molecule has 2 aromatic carbocycles. The molecule has 2 aromatic rings. The van der Waals surface area contributed by atoms with Crippen molar-refractivity contribution < 1.29 is 14.3 Å². The van der Waals surface area contributed by atoms with Crippen LogP contribution in [0.2, 0.25) is 0 Å². The minimum absolute atomic E-state index is 0.0302. The zero-order valence-corrected chi connectivity index (χ0v) is 23.3. The van der Waals surface area contributed by atoms with Crippen LogP contribution < -0.4 is 11.1 Å². The van der Waals surface area contributed by atoms with Crippen molar-refractivity contribution in [3.8, 4) is 0 Å². The first-order chi connectivity index (χ1) is 19.0. The van der Waals surface area contributed by atoms with E-state index in [0.29, 0.717) is 18.5 Å². The van der Waals surface area contributed by atoms with Gasteiger partial charge in [-0.05, 0) is 76.0 Å². The predicted octanol–water partition coefficient (Wildman–Crippen LogP) is 4.04. The number of nitrogens with zero attached hydrogens (tertiary/aromatic N) is 2. The minimum Gasteiger partial charge on any atom is -0.377 e. The highest BCUT2D eigenvalue weighted by molar-refractivity contribution is 5.97. The van der Waals surface area contributed by atoms with Crippen LogP contribution in [0, 0.1) is 6.92 Å². The molecule has 210 valence electrons. The van der Waals surface area contributed by atoms with E-state index in [2.05, 4.69) is 34.5 Å². The largest absolute Gasteiger partial charge is 0.377 e. The molecule has 3 fully saturated rings. The predicted molar refractivity (Wildman–Crippen MR) is 153 cm³/mol. The lowest BCUT2D eigenvalue weighted by Gasteiger charge is -2.44. The van der Waals surface area contributed by atoms with Crippen LogP contribution in [-0.2, 0) is 16.1 Å². The van der Waals surface area contributed by atoms with Gasteiger partial charge in [0.2, 0.25) is 5.91 Å². The lowest BCUT2D eigenvalue weighted by molar-refractivity contribution is -0.128. The third-order valence-corrected chi connectivity index (χ3v) is 8.76. The lowest BCUT2D eigenvalue weighted by atomic mass is 9.90. The van der Waals surface area contributed by atoms with Gasteiger partial charge in [0, 0.05) is 49.9 Å². The molecule has 2 amide bonds. The number of ether oxygens (including phenoxy) is 1. The summed E-state index contributed by atoms with van der Waals surface area (Å²) < 4.78 is 6.03. The van der Waals surface area contributed by atoms with E-state index in [0.717, 1.165) is 70.2 Å². The molecular formula is C32H44N4O3. The summed E-state index contributed by atoms with van der Waals surface area (Å²) in [6, 6.07) is 18.2. The van der Waals surface area contributed by atoms with Crippen LogP contribution >= 0.6 is 0 Å². The summed E-state index contributed by atoms with van der Waals surface area (Å²) in [5.74, 6) is -0.0922. The van der Waals surface area contributed by atoms with Crippen molar-refractivity contribution in [3.05, 3.63) is 71.3 Å². The van der Waals surface area contributed by atoms with E-state index in [-0.39, 0.29) is 36.0 Å². The van der Waals surface area contributed by atoms with Crippen LogP contribution in [0.3, 0.4) is 0 Å². The highest BCUT2D eigenvalue weighted by Gasteiger charge is 2.40. The van der Waals surface area contributed by atoms with E-state index in [1.807, 2.05) is 42.2 Å². The number of amides is 2. The SMILES string of the molecule is Cc1ccc(C(=O)N2CCC(N(Cc3ccccc3)CC3CCCO3)C[C@@H]2C(=O)NC2CCC(N)CC2)cc1. The Morgan fingerprint density at radius 1 is 1.00 bits per heavy atom. The first kappa shape index (κ1) is 27.8. The summed E-state index contributed by atoms with van der Waals surface area (Å²) in [5, 5.41) is 3.31. The van der Waals surface area contributed by atoms with Crippen LogP contribution in [0.1, 0.15) is 72.9 Å². The smallest absolute Gasteiger partial charge is 0.254 e. The maximum atomic E-state index is 13.8. The second-order valence-electron chi connectivity index (χ2n) is 11.7. The average molecular weight is 533 g/mol. The van der Waals surface area contributed by atoms with E-state index < -0.39 is 6.04 Å². The van der Waals surface area contributed by atoms with Crippen molar-refractivity contribution in [1.82, 2.24) is 15.1 Å². The topological polar surface area (TPSA) is 87.9 Å². The summed E-state index contributed by atoms with van der Waals surface area (Å²) in [6.07, 6.45) is 7.50. The Balaban J connectivity index is 1.36. The molecule has 2 unspecified atom stereocenters. The average Bonchev–Trinajstić information content (AvgIpc) is 3.47. The zero-order valence-electron chi connectivity index (χ0n) is 23.3. The van der Waals surface area contributed by atoms with E-state index in [4.69, 9.17) is 10.5 Å². The number of benzene rings is 2. The molecule has 39 heavy (non-hydrogen) atoms. The fourth-order valence-corrected chi connectivity index (χ4v) is 6.40. The van der Waals surface area contributed by atoms with Gasteiger partial charge < -0.3 is 20.7 Å². The number of aryl methyl sites for hydroxylation is 1. The number of carbonyl (C=O) groups excluding carboxylic acids is 2. The van der Waals surface area contributed by atoms with Gasteiger partial charge in [-0.1, -0.05) is 48.0 Å². The molecule has 1 aliphatic carbocycles. The van der Waals surface area contributed by atoms with Crippen molar-refractivity contribution in [1.29, 1.82) is 0 Å². The summed E-state index contributed by atoms with van der Waals surface area (Å²) >= 11 is 0. The van der Waals surface area contributed by atoms with E-state index >= 15 is 0 Å². The Morgan fingerprint density at radius 2 is 1.74 bits per heavy atom. The highest BCUT2D eigenvalue weighted by Crippen LogP contribution is 2.28. The molecule has 7 heteroatoms. The van der Waals surface area contributed by atoms with Gasteiger partial charge in [-0.25, -0.2) is 0 Å². The monoisotopic (exact) mass is 532 g/mol. The Bertz CT molecular complexity index is 1080. The van der Waals surface area contributed by atoms with Gasteiger partial charge >= 0.3 is 0 Å². The van der Waals surface area contributed by atoms with Crippen molar-refractivity contribution in [2.75, 3.05) is 19.7 Å². The fourth-order valence-electron chi connectivity index (χ4n) is 6.40. The van der Waals surface area contributed by atoms with Gasteiger partial charge in [-0.3, -0.25) is 14.5 Å². The molecule has 0 aromatic heterocycles. The Morgan fingerprint density at radius 3 is 2.44 bits per heavy atom. The Hall–Kier alpha value is -2.74. The van der Waals surface area contributed by atoms with Crippen molar-refractivity contribution in [3.63, 3.8) is 0 Å². The van der Waals surface area contributed by atoms with E-state index in [1.54, 1.807) is 0 Å². The first-order valence-corrected chi connectivity index (χ1v) is 14.8. The lowest BCUT2D eigenvalue weighted by Crippen LogP contribution is -2.59. The van der Waals surface area contributed by atoms with Crippen LogP contribution in [0.4, 0.5) is 0 Å². The van der Waals surface area contributed by atoms with E-state index in [1.165, 1.54) is 5.56 Å². The Kier molecular flexibility index (Phi) is 9.32. The zero-order chi connectivity index (χ0) is 27.2. The third-order valence-electron chi connectivity index (χ3n) is 8.76. The molecule has 0 spiro atoms. The maximum absolute atomic E-state index is 13.8. The molecule has 0 radical (unpaired) electrons. The molecule has 1 saturated carbocycles. The maximum Gasteiger partial charge on any atom is 0.254 e. The molecule has 3 N–H and O–H groups in total. The molecule has 7 nitrogen and oxygen atoms in total. The number of hydrogen-bond donors (Lipinski definition) is 2. The number of nitrogens with one attached hydrogen (secondary N) is 1. The van der Waals surface area contributed by atoms with Gasteiger partial charge in [0.05, 0.1) is 6.10 Å². The van der Waals surface area contributed by atoms with Crippen LogP contribution in [0.25, 0.3) is 0 Å². The fraction of sp³-hybridized carbons (Fsp3) is 0.562. The molecule has 2 heterocycles. The second kappa shape index (κ2) is 13.1. The highest BCUT2D eigenvalue weighted by atomic mass is 16.5. The van der Waals surface area contributed by atoms with Crippen LogP contribution in [0.5, 0.6) is 0 Å². The van der Waals surface area contributed by atoms with Gasteiger partial charge in [0.1, 0.15) is 6.04 Å². The van der Waals surface area contributed by atoms with Crippen LogP contribution in [0.15, 0.2) is 54.6 Å². The molecule has 2 aliphatic heterocycles. The number of likely N-dealkylation sites (tertiary alicyclic amines) is 1. The van der Waals surface area contributed by atoms with Gasteiger partial charge in [0.25, 0.3) is 5.91 Å². The number of piperidine rings is 1. The Labute approximate surface area is 233 Å². The summed E-state index contributed by atoms with van der Waals surface area (Å²) in [5.41, 5.74) is 9.12. The standard InChI is InChI=1S/C32H44N4O3/c1-23-9-11-25(12-10-23)32(38)36-18-17-28(20-30(36)31(37)34-27-15-13-26(33)14-16-27)35(22-29-8-5-19-39-29)21-24-6-3-2-4-7-24/h2-4,6-7,9-12,26-30H,5,8,13-22,33H2,1H3,(H,34,37)/t26?,27?,28?,29?,30-/m1/s1. The third kappa shape index (κ3) is 7.27. The first-order valence-electron chi connectivity index (χ1n) is 14.8. The normalized spacial score (nSPS) is 27.5. The van der Waals surface area contributed by atoms with Crippen molar-refractivity contribution in [2.24, 2.45) is 5.73 Å². The number of carbonyl (C=O) groups is 2. The van der Waals surface area contributed by atoms with Crippen molar-refractivity contribution in [2.45, 2.75) is 95.1 Å². The van der Waals surface area contributed by atoms with Gasteiger partial charge in [-0.15, -0.1) is 0 Å². The molecule has 3 atom stereocenters. The quantitative estimate of drug-likeness (QED) is 0.536. The van der Waals surface area contributed by atoms with Crippen molar-refractivity contribution >= 4 is 11.8 Å². The molecule has 3 aliphatic rings. The van der Waals surface area contributed by atoms with Gasteiger partial charge in [-0.2, -0.15) is 0 Å². The number of rotatable bonds is 8. The molecule has 0 bridgehead atoms. The molecule has 5 rings (SSSR count). The van der Waals surface area contributed by atoms with Gasteiger partial charge in [0.15, 0.2) is 0 Å². The van der Waals surface area contributed by atoms with E-state index in [9.17, 15) is 9.59 Å². The molecular weight excluding hydrogens is 488 g/mol. The van der Waals surface area contributed by atoms with Crippen LogP contribution in [-0.4, -0.2) is 71.6 Å². The summed E-state index contributed by atoms with van der Waals surface area (Å²) in [4.78, 5) is 31.9. The number of hydrogen-bond acceptors (Lipinski definition) is 5.